The van der Waals surface area contributed by atoms with Crippen molar-refractivity contribution in [3.8, 4) is 141 Å². The minimum absolute atomic E-state index is 0.297. The molecule has 0 atom stereocenters. The van der Waals surface area contributed by atoms with Crippen LogP contribution in [-0.4, -0.2) is 19.9 Å². The van der Waals surface area contributed by atoms with Gasteiger partial charge in [0.1, 0.15) is 5.82 Å². The molecule has 14 aromatic carbocycles. The topological polar surface area (TPSA) is 75.3 Å². The first-order chi connectivity index (χ1) is 50.8. The molecule has 0 bridgehead atoms. The normalized spacial score (nSPS) is 11.9. The fraction of sp³-hybridized carbons (Fsp3) is 0.0106. The van der Waals surface area contributed by atoms with E-state index in [0.717, 1.165) is 107 Å². The zero-order valence-electron chi connectivity index (χ0n) is 55.1. The molecule has 0 saturated heterocycles. The number of benzene rings is 14. The standard InChI is InChI=1S/C94H54FN5S3/c95-74-32-25-57(26-33-74)84-53-86(100-94(98-84)59-13-5-2-6-14-59)73-43-69(62-29-36-88-79(48-62)76-17-9-10-18-87(76)101-88)41-70(44-73)63-30-37-89-80(49-63)77-34-27-65(51-92(77)103-89)60-28-35-90-81(47-60)82-50-64(31-38-91(82)102-90)71-40-68(61-23-24-67-39-66-15-7-8-16-75(66)78(67)46-61)42-72(45-71)85-52-83(56-21-19-55(54-96)20-22-56)97-93(99-85)58-11-3-1-4-12-58/h1-38,40-53H,39H2. The summed E-state index contributed by atoms with van der Waals surface area (Å²) in [5.74, 6) is 0.929. The SMILES string of the molecule is N#Cc1ccc(-c2cc(-c3cc(-c4ccc5c(c4)-c4ccccc4C5)cc(-c4ccc5sc6ccc(-c7ccc8c(c7)sc7ccc(-c9cc(-c%10ccc%11sc%12ccccc%12c%11c%10)cc(-c%10cc(-c%11ccc(F)cc%11)nc(-c%11ccccc%11)n%10)c9)cc78)cc6c5c4)c3)nc(-c3ccccc3)n2)cc1. The predicted octanol–water partition coefficient (Wildman–Crippen LogP) is 26.3. The van der Waals surface area contributed by atoms with Crippen molar-refractivity contribution >= 4 is 94.5 Å². The molecule has 5 nitrogen and oxygen atoms in total. The monoisotopic (exact) mass is 1370 g/mol. The van der Waals surface area contributed by atoms with E-state index >= 15 is 0 Å². The Bertz CT molecular complexity index is 6730. The molecule has 480 valence electrons. The minimum Gasteiger partial charge on any atom is -0.228 e. The summed E-state index contributed by atoms with van der Waals surface area (Å²) in [7, 11) is 0. The van der Waals surface area contributed by atoms with Crippen molar-refractivity contribution in [2.24, 2.45) is 0 Å². The zero-order chi connectivity index (χ0) is 68.2. The molecular formula is C94H54FN5S3. The number of hydrogen-bond acceptors (Lipinski definition) is 8. The van der Waals surface area contributed by atoms with Crippen molar-refractivity contribution in [2.75, 3.05) is 0 Å². The minimum atomic E-state index is -0.297. The average molecular weight is 1370 g/mol. The van der Waals surface area contributed by atoms with Gasteiger partial charge in [0, 0.05) is 93.9 Å². The highest BCUT2D eigenvalue weighted by molar-refractivity contribution is 7.26. The lowest BCUT2D eigenvalue weighted by Crippen LogP contribution is -1.96. The zero-order valence-corrected chi connectivity index (χ0v) is 57.5. The maximum Gasteiger partial charge on any atom is 0.160 e. The number of thiophene rings is 3. The molecule has 20 rings (SSSR count). The molecule has 0 fully saturated rings. The molecular weight excluding hydrogens is 1310 g/mol. The first-order valence-corrected chi connectivity index (χ1v) is 36.7. The van der Waals surface area contributed by atoms with Crippen LogP contribution in [0.1, 0.15) is 16.7 Å². The molecule has 5 aromatic heterocycles. The summed E-state index contributed by atoms with van der Waals surface area (Å²) in [5, 5.41) is 17.1. The number of rotatable bonds is 11. The van der Waals surface area contributed by atoms with Crippen LogP contribution in [0.2, 0.25) is 0 Å². The molecule has 5 heterocycles. The summed E-state index contributed by atoms with van der Waals surface area (Å²) >= 11 is 5.48. The second-order valence-corrected chi connectivity index (χ2v) is 29.8. The van der Waals surface area contributed by atoms with Crippen LogP contribution in [0, 0.1) is 17.1 Å². The van der Waals surface area contributed by atoms with Gasteiger partial charge >= 0.3 is 0 Å². The molecule has 1 aliphatic carbocycles. The number of fused-ring (bicyclic) bond motifs is 12. The Kier molecular flexibility index (Phi) is 14.4. The van der Waals surface area contributed by atoms with Gasteiger partial charge in [0.25, 0.3) is 0 Å². The third-order valence-corrected chi connectivity index (χ3v) is 23.6. The van der Waals surface area contributed by atoms with Crippen molar-refractivity contribution in [3.63, 3.8) is 0 Å². The van der Waals surface area contributed by atoms with Crippen molar-refractivity contribution in [2.45, 2.75) is 6.42 Å². The van der Waals surface area contributed by atoms with Gasteiger partial charge in [0.2, 0.25) is 0 Å². The van der Waals surface area contributed by atoms with Crippen LogP contribution >= 0.6 is 34.0 Å². The quantitative estimate of drug-likeness (QED) is 0.129. The van der Waals surface area contributed by atoms with E-state index in [0.29, 0.717) is 22.9 Å². The first kappa shape index (κ1) is 60.3. The van der Waals surface area contributed by atoms with Crippen LogP contribution < -0.4 is 0 Å². The first-order valence-electron chi connectivity index (χ1n) is 34.3. The van der Waals surface area contributed by atoms with Crippen molar-refractivity contribution < 1.29 is 4.39 Å². The number of aromatic nitrogens is 4. The van der Waals surface area contributed by atoms with Crippen LogP contribution in [0.25, 0.3) is 195 Å². The van der Waals surface area contributed by atoms with Gasteiger partial charge in [-0.25, -0.2) is 24.3 Å². The summed E-state index contributed by atoms with van der Waals surface area (Å²) in [4.78, 5) is 20.9. The van der Waals surface area contributed by atoms with Crippen LogP contribution in [0.3, 0.4) is 0 Å². The van der Waals surface area contributed by atoms with Crippen LogP contribution in [0.15, 0.2) is 315 Å². The molecule has 0 N–H and O–H groups in total. The summed E-state index contributed by atoms with van der Waals surface area (Å²) in [6.07, 6.45) is 0.926. The highest BCUT2D eigenvalue weighted by Crippen LogP contribution is 2.47. The van der Waals surface area contributed by atoms with Gasteiger partial charge in [0.15, 0.2) is 11.6 Å². The van der Waals surface area contributed by atoms with Gasteiger partial charge in [0.05, 0.1) is 34.4 Å². The molecule has 0 unspecified atom stereocenters. The molecule has 19 aromatic rings. The Morgan fingerprint density at radius 2 is 0.621 bits per heavy atom. The summed E-state index contributed by atoms with van der Waals surface area (Å²) in [6.45, 7) is 0. The highest BCUT2D eigenvalue weighted by atomic mass is 32.1. The Morgan fingerprint density at radius 3 is 1.16 bits per heavy atom. The summed E-state index contributed by atoms with van der Waals surface area (Å²) in [6, 6.07) is 114. The number of halogens is 1. The van der Waals surface area contributed by atoms with E-state index in [1.807, 2.05) is 113 Å². The van der Waals surface area contributed by atoms with Gasteiger partial charge in [-0.05, 0) is 236 Å². The lowest BCUT2D eigenvalue weighted by atomic mass is 9.92. The molecule has 0 aliphatic heterocycles. The molecule has 0 radical (unpaired) electrons. The fourth-order valence-electron chi connectivity index (χ4n) is 15.0. The van der Waals surface area contributed by atoms with Gasteiger partial charge in [-0.15, -0.1) is 34.0 Å². The number of nitriles is 1. The van der Waals surface area contributed by atoms with E-state index in [1.54, 1.807) is 12.1 Å². The molecule has 0 amide bonds. The Labute approximate surface area is 604 Å². The molecule has 0 saturated carbocycles. The second kappa shape index (κ2) is 24.6. The highest BCUT2D eigenvalue weighted by Gasteiger charge is 2.22. The average Bonchev–Trinajstić information content (AvgIpc) is 1.75. The van der Waals surface area contributed by atoms with Gasteiger partial charge in [-0.2, -0.15) is 5.26 Å². The predicted molar refractivity (Wildman–Crippen MR) is 429 cm³/mol. The maximum atomic E-state index is 14.4. The number of nitrogens with zero attached hydrogens (tertiary/aromatic N) is 5. The summed E-state index contributed by atoms with van der Waals surface area (Å²) < 4.78 is 21.9. The fourth-order valence-corrected chi connectivity index (χ4v) is 18.2. The smallest absolute Gasteiger partial charge is 0.160 e. The third-order valence-electron chi connectivity index (χ3n) is 20.2. The molecule has 103 heavy (non-hydrogen) atoms. The molecule has 0 spiro atoms. The maximum absolute atomic E-state index is 14.4. The van der Waals surface area contributed by atoms with E-state index in [1.165, 1.54) is 100 Å². The van der Waals surface area contributed by atoms with Crippen molar-refractivity contribution in [3.05, 3.63) is 338 Å². The third kappa shape index (κ3) is 11.0. The van der Waals surface area contributed by atoms with Crippen molar-refractivity contribution in [1.29, 1.82) is 5.26 Å². The Morgan fingerprint density at radius 1 is 0.252 bits per heavy atom. The molecule has 1 aliphatic rings. The van der Waals surface area contributed by atoms with E-state index < -0.39 is 0 Å². The number of hydrogen-bond donors (Lipinski definition) is 0. The van der Waals surface area contributed by atoms with Gasteiger partial charge < -0.3 is 0 Å². The van der Waals surface area contributed by atoms with Gasteiger partial charge in [-0.3, -0.25) is 0 Å². The van der Waals surface area contributed by atoms with Crippen LogP contribution in [-0.2, 0) is 6.42 Å². The molecule has 9 heteroatoms. The lowest BCUT2D eigenvalue weighted by Gasteiger charge is -2.14. The van der Waals surface area contributed by atoms with E-state index in [9.17, 15) is 9.65 Å². The van der Waals surface area contributed by atoms with Gasteiger partial charge in [-0.1, -0.05) is 164 Å². The summed E-state index contributed by atoms with van der Waals surface area (Å²) in [5.41, 5.74) is 25.5. The Balaban J connectivity index is 0.684. The van der Waals surface area contributed by atoms with Crippen molar-refractivity contribution in [1.82, 2.24) is 19.9 Å². The lowest BCUT2D eigenvalue weighted by molar-refractivity contribution is 0.628. The van der Waals surface area contributed by atoms with Crippen LogP contribution in [0.5, 0.6) is 0 Å². The van der Waals surface area contributed by atoms with E-state index in [4.69, 9.17) is 19.9 Å². The second-order valence-electron chi connectivity index (χ2n) is 26.5. The Hall–Kier alpha value is -12.7. The van der Waals surface area contributed by atoms with E-state index in [-0.39, 0.29) is 5.82 Å². The largest absolute Gasteiger partial charge is 0.228 e. The van der Waals surface area contributed by atoms with Crippen LogP contribution in [0.4, 0.5) is 4.39 Å². The van der Waals surface area contributed by atoms with E-state index in [2.05, 4.69) is 218 Å².